The van der Waals surface area contributed by atoms with Gasteiger partial charge in [-0.2, -0.15) is 0 Å². The van der Waals surface area contributed by atoms with Crippen LogP contribution in [0.15, 0.2) is 18.2 Å². The molecule has 0 aromatic heterocycles. The third-order valence-electron chi connectivity index (χ3n) is 1.57. The Morgan fingerprint density at radius 3 is 1.85 bits per heavy atom. The molecule has 0 radical (unpaired) electrons. The van der Waals surface area contributed by atoms with Gasteiger partial charge in [0.25, 0.3) is 0 Å². The zero-order valence-corrected chi connectivity index (χ0v) is 7.74. The van der Waals surface area contributed by atoms with E-state index in [1.165, 1.54) is 0 Å². The predicted octanol–water partition coefficient (Wildman–Crippen LogP) is 0.999. The highest BCUT2D eigenvalue weighted by atomic mass is 16.5. The largest absolute Gasteiger partial charge is 0.496 e. The van der Waals surface area contributed by atoms with E-state index in [0.717, 1.165) is 0 Å². The third kappa shape index (κ3) is 2.52. The van der Waals surface area contributed by atoms with Gasteiger partial charge in [-0.05, 0) is 0 Å². The first-order chi connectivity index (χ1) is 6.30. The van der Waals surface area contributed by atoms with Crippen LogP contribution in [0.5, 0.6) is 17.2 Å². The van der Waals surface area contributed by atoms with Crippen LogP contribution in [0.4, 0.5) is 0 Å². The van der Waals surface area contributed by atoms with Crippen LogP contribution in [-0.2, 0) is 0 Å². The van der Waals surface area contributed by atoms with Gasteiger partial charge >= 0.3 is 0 Å². The minimum Gasteiger partial charge on any atom is -0.496 e. The van der Waals surface area contributed by atoms with E-state index >= 15 is 0 Å². The topological polar surface area (TPSA) is 53.7 Å². The molecule has 2 N–H and O–H groups in total. The molecule has 0 saturated heterocycles. The van der Waals surface area contributed by atoms with Crippen molar-refractivity contribution in [2.24, 2.45) is 5.73 Å². The summed E-state index contributed by atoms with van der Waals surface area (Å²) in [6.07, 6.45) is 0. The molecular weight excluding hydrogens is 170 g/mol. The summed E-state index contributed by atoms with van der Waals surface area (Å²) in [6.45, 7) is 0.135. The predicted molar refractivity (Wildman–Crippen MR) is 49.2 cm³/mol. The van der Waals surface area contributed by atoms with Crippen molar-refractivity contribution in [2.45, 2.75) is 0 Å². The summed E-state index contributed by atoms with van der Waals surface area (Å²) in [5.74, 6) is 2.00. The lowest BCUT2D eigenvalue weighted by atomic mass is 10.3. The van der Waals surface area contributed by atoms with Gasteiger partial charge in [-0.3, -0.25) is 5.73 Å². The molecule has 0 atom stereocenters. The number of rotatable bonds is 4. The van der Waals surface area contributed by atoms with E-state index in [-0.39, 0.29) is 6.73 Å². The maximum atomic E-state index is 5.24. The molecule has 0 aliphatic rings. The summed E-state index contributed by atoms with van der Waals surface area (Å²) in [7, 11) is 3.17. The van der Waals surface area contributed by atoms with E-state index in [1.807, 2.05) is 0 Å². The van der Waals surface area contributed by atoms with Gasteiger partial charge in [0.05, 0.1) is 14.2 Å². The van der Waals surface area contributed by atoms with Crippen LogP contribution in [0.3, 0.4) is 0 Å². The van der Waals surface area contributed by atoms with Crippen LogP contribution >= 0.6 is 0 Å². The fourth-order valence-corrected chi connectivity index (χ4v) is 0.961. The van der Waals surface area contributed by atoms with E-state index in [2.05, 4.69) is 0 Å². The normalized spacial score (nSPS) is 9.46. The summed E-state index contributed by atoms with van der Waals surface area (Å²) >= 11 is 0. The lowest BCUT2D eigenvalue weighted by Gasteiger charge is -2.08. The molecule has 0 amide bonds. The molecule has 1 aromatic carbocycles. The molecule has 13 heavy (non-hydrogen) atoms. The number of hydrogen-bond donors (Lipinski definition) is 1. The SMILES string of the molecule is COc1cc(OC)cc(OCN)c1. The molecule has 0 aliphatic carbocycles. The minimum absolute atomic E-state index is 0.135. The first-order valence-electron chi connectivity index (χ1n) is 3.86. The van der Waals surface area contributed by atoms with E-state index in [0.29, 0.717) is 17.2 Å². The zero-order valence-electron chi connectivity index (χ0n) is 7.74. The molecule has 0 aliphatic heterocycles. The van der Waals surface area contributed by atoms with E-state index in [4.69, 9.17) is 19.9 Å². The van der Waals surface area contributed by atoms with Crippen LogP contribution in [0.2, 0.25) is 0 Å². The summed E-state index contributed by atoms with van der Waals surface area (Å²) in [5, 5.41) is 0. The van der Waals surface area contributed by atoms with Crippen molar-refractivity contribution < 1.29 is 14.2 Å². The van der Waals surface area contributed by atoms with Crippen molar-refractivity contribution in [2.75, 3.05) is 21.0 Å². The molecule has 4 nitrogen and oxygen atoms in total. The fourth-order valence-electron chi connectivity index (χ4n) is 0.961. The van der Waals surface area contributed by atoms with Crippen molar-refractivity contribution in [1.29, 1.82) is 0 Å². The lowest BCUT2D eigenvalue weighted by Crippen LogP contribution is -2.07. The molecule has 0 bridgehead atoms. The Bertz CT molecular complexity index is 253. The maximum absolute atomic E-state index is 5.24. The second-order valence-corrected chi connectivity index (χ2v) is 2.36. The molecule has 1 aromatic rings. The molecule has 4 heteroatoms. The number of benzene rings is 1. The standard InChI is InChI=1S/C9H13NO3/c1-11-7-3-8(12-2)5-9(4-7)13-6-10/h3-5H,6,10H2,1-2H3. The summed E-state index contributed by atoms with van der Waals surface area (Å²) in [4.78, 5) is 0. The van der Waals surface area contributed by atoms with Gasteiger partial charge in [0.15, 0.2) is 0 Å². The van der Waals surface area contributed by atoms with Gasteiger partial charge in [-0.25, -0.2) is 0 Å². The Balaban J connectivity index is 2.93. The molecule has 0 spiro atoms. The molecule has 0 saturated carbocycles. The van der Waals surface area contributed by atoms with Gasteiger partial charge in [-0.15, -0.1) is 0 Å². The van der Waals surface area contributed by atoms with Crippen molar-refractivity contribution in [3.05, 3.63) is 18.2 Å². The summed E-state index contributed by atoms with van der Waals surface area (Å²) in [5.41, 5.74) is 5.24. The lowest BCUT2D eigenvalue weighted by molar-refractivity contribution is 0.322. The smallest absolute Gasteiger partial charge is 0.137 e. The summed E-state index contributed by atoms with van der Waals surface area (Å²) < 4.78 is 15.2. The molecule has 0 heterocycles. The Kier molecular flexibility index (Phi) is 3.40. The maximum Gasteiger partial charge on any atom is 0.137 e. The summed E-state index contributed by atoms with van der Waals surface area (Å²) in [6, 6.07) is 5.26. The van der Waals surface area contributed by atoms with Crippen LogP contribution in [0.25, 0.3) is 0 Å². The number of nitrogens with two attached hydrogens (primary N) is 1. The molecule has 0 unspecified atom stereocenters. The Hall–Kier alpha value is -1.42. The van der Waals surface area contributed by atoms with Gasteiger partial charge in [0, 0.05) is 18.2 Å². The van der Waals surface area contributed by atoms with E-state index in [1.54, 1.807) is 32.4 Å². The van der Waals surface area contributed by atoms with Gasteiger partial charge < -0.3 is 14.2 Å². The third-order valence-corrected chi connectivity index (χ3v) is 1.57. The van der Waals surface area contributed by atoms with Crippen molar-refractivity contribution in [1.82, 2.24) is 0 Å². The first kappa shape index (κ1) is 9.67. The average Bonchev–Trinajstić information content (AvgIpc) is 2.17. The average molecular weight is 183 g/mol. The minimum atomic E-state index is 0.135. The van der Waals surface area contributed by atoms with Crippen molar-refractivity contribution >= 4 is 0 Å². The number of methoxy groups -OCH3 is 2. The highest BCUT2D eigenvalue weighted by molar-refractivity contribution is 5.41. The van der Waals surface area contributed by atoms with Crippen LogP contribution in [-0.4, -0.2) is 21.0 Å². The molecular formula is C9H13NO3. The zero-order chi connectivity index (χ0) is 9.68. The monoisotopic (exact) mass is 183 g/mol. The van der Waals surface area contributed by atoms with Crippen molar-refractivity contribution in [3.63, 3.8) is 0 Å². The quantitative estimate of drug-likeness (QED) is 0.707. The van der Waals surface area contributed by atoms with Crippen LogP contribution in [0, 0.1) is 0 Å². The van der Waals surface area contributed by atoms with Crippen LogP contribution in [0.1, 0.15) is 0 Å². The molecule has 0 fully saturated rings. The van der Waals surface area contributed by atoms with Crippen LogP contribution < -0.4 is 19.9 Å². The van der Waals surface area contributed by atoms with Gasteiger partial charge in [-0.1, -0.05) is 0 Å². The molecule has 1 rings (SSSR count). The highest BCUT2D eigenvalue weighted by Gasteiger charge is 2.01. The second-order valence-electron chi connectivity index (χ2n) is 2.36. The highest BCUT2D eigenvalue weighted by Crippen LogP contribution is 2.26. The Morgan fingerprint density at radius 1 is 1.00 bits per heavy atom. The second kappa shape index (κ2) is 4.57. The Labute approximate surface area is 77.2 Å². The van der Waals surface area contributed by atoms with Gasteiger partial charge in [0.2, 0.25) is 0 Å². The number of ether oxygens (including phenoxy) is 3. The van der Waals surface area contributed by atoms with Gasteiger partial charge in [0.1, 0.15) is 24.0 Å². The van der Waals surface area contributed by atoms with E-state index in [9.17, 15) is 0 Å². The Morgan fingerprint density at radius 2 is 1.46 bits per heavy atom. The van der Waals surface area contributed by atoms with E-state index < -0.39 is 0 Å². The number of hydrogen-bond acceptors (Lipinski definition) is 4. The molecule has 72 valence electrons. The van der Waals surface area contributed by atoms with Crippen molar-refractivity contribution in [3.8, 4) is 17.2 Å². The fraction of sp³-hybridized carbons (Fsp3) is 0.333. The first-order valence-corrected chi connectivity index (χ1v) is 3.86.